The molecule has 152 valence electrons. The topological polar surface area (TPSA) is 45.9 Å². The Labute approximate surface area is 172 Å². The van der Waals surface area contributed by atoms with Gasteiger partial charge in [0.15, 0.2) is 11.5 Å². The van der Waals surface area contributed by atoms with Gasteiger partial charge in [0.1, 0.15) is 5.75 Å². The highest BCUT2D eigenvalue weighted by molar-refractivity contribution is 5.52. The van der Waals surface area contributed by atoms with Gasteiger partial charge in [-0.1, -0.05) is 12.1 Å². The van der Waals surface area contributed by atoms with Gasteiger partial charge in [-0.15, -0.1) is 0 Å². The molecular formula is C23H29N5O. The molecule has 1 unspecified atom stereocenters. The van der Waals surface area contributed by atoms with Gasteiger partial charge in [-0.3, -0.25) is 4.90 Å². The summed E-state index contributed by atoms with van der Waals surface area (Å²) in [7, 11) is 1.71. The second-order valence-corrected chi connectivity index (χ2v) is 8.28. The van der Waals surface area contributed by atoms with E-state index >= 15 is 0 Å². The summed E-state index contributed by atoms with van der Waals surface area (Å²) in [6, 6.07) is 12.7. The molecule has 0 amide bonds. The largest absolute Gasteiger partial charge is 0.497 e. The third kappa shape index (κ3) is 3.94. The molecule has 1 atom stereocenters. The van der Waals surface area contributed by atoms with E-state index in [1.54, 1.807) is 7.11 Å². The Bertz CT molecular complexity index is 961. The van der Waals surface area contributed by atoms with Crippen LogP contribution in [0.3, 0.4) is 0 Å². The lowest BCUT2D eigenvalue weighted by Crippen LogP contribution is -2.34. The molecule has 1 aromatic carbocycles. The van der Waals surface area contributed by atoms with Gasteiger partial charge in [-0.25, -0.2) is 9.50 Å². The van der Waals surface area contributed by atoms with Crippen molar-refractivity contribution < 1.29 is 4.74 Å². The number of nitrogens with zero attached hydrogens (tertiary/aromatic N) is 5. The minimum absolute atomic E-state index is 0.400. The Hall–Kier alpha value is -2.60. The van der Waals surface area contributed by atoms with E-state index < -0.39 is 0 Å². The quantitative estimate of drug-likeness (QED) is 0.663. The van der Waals surface area contributed by atoms with Crippen molar-refractivity contribution in [2.45, 2.75) is 38.1 Å². The van der Waals surface area contributed by atoms with Gasteiger partial charge < -0.3 is 9.64 Å². The number of hydrogen-bond donors (Lipinski definition) is 0. The first-order chi connectivity index (χ1) is 14.3. The molecule has 6 heteroatoms. The Morgan fingerprint density at radius 2 is 1.83 bits per heavy atom. The summed E-state index contributed by atoms with van der Waals surface area (Å²) >= 11 is 0. The molecule has 2 aliphatic rings. The zero-order chi connectivity index (χ0) is 19.6. The number of ether oxygens (including phenoxy) is 1. The van der Waals surface area contributed by atoms with E-state index in [0.717, 1.165) is 56.4 Å². The number of likely N-dealkylation sites (tertiary alicyclic amines) is 1. The van der Waals surface area contributed by atoms with Crippen molar-refractivity contribution in [1.82, 2.24) is 19.5 Å². The SMILES string of the molecule is COc1ccc(CN2CCCC(c3nc4ccc(N5CCCC5)cn4n3)C2)cc1. The van der Waals surface area contributed by atoms with Gasteiger partial charge in [-0.05, 0) is 62.1 Å². The van der Waals surface area contributed by atoms with Crippen LogP contribution in [0.5, 0.6) is 5.75 Å². The number of hydrogen-bond acceptors (Lipinski definition) is 5. The van der Waals surface area contributed by atoms with Crippen LogP contribution >= 0.6 is 0 Å². The molecule has 2 aromatic heterocycles. The predicted molar refractivity (Wildman–Crippen MR) is 115 cm³/mol. The van der Waals surface area contributed by atoms with Crippen LogP contribution in [0.1, 0.15) is 43.0 Å². The molecule has 0 bridgehead atoms. The minimum atomic E-state index is 0.400. The van der Waals surface area contributed by atoms with Gasteiger partial charge in [0.2, 0.25) is 0 Å². The van der Waals surface area contributed by atoms with Crippen molar-refractivity contribution in [2.24, 2.45) is 0 Å². The average molecular weight is 392 g/mol. The van der Waals surface area contributed by atoms with Gasteiger partial charge in [0.25, 0.3) is 0 Å². The van der Waals surface area contributed by atoms with Crippen molar-refractivity contribution in [3.8, 4) is 5.75 Å². The third-order valence-corrected chi connectivity index (χ3v) is 6.24. The first kappa shape index (κ1) is 18.4. The highest BCUT2D eigenvalue weighted by Gasteiger charge is 2.25. The van der Waals surface area contributed by atoms with E-state index in [-0.39, 0.29) is 0 Å². The fraction of sp³-hybridized carbons (Fsp3) is 0.478. The molecule has 6 nitrogen and oxygen atoms in total. The molecule has 5 rings (SSSR count). The van der Waals surface area contributed by atoms with Crippen molar-refractivity contribution in [3.63, 3.8) is 0 Å². The molecule has 2 fully saturated rings. The second-order valence-electron chi connectivity index (χ2n) is 8.28. The van der Waals surface area contributed by atoms with Crippen molar-refractivity contribution >= 4 is 11.3 Å². The Morgan fingerprint density at radius 1 is 1.00 bits per heavy atom. The normalized spacial score (nSPS) is 20.4. The fourth-order valence-electron chi connectivity index (χ4n) is 4.62. The van der Waals surface area contributed by atoms with Gasteiger partial charge in [0.05, 0.1) is 19.0 Å². The molecule has 3 aromatic rings. The number of aromatic nitrogens is 3. The molecule has 0 N–H and O–H groups in total. The number of pyridine rings is 1. The van der Waals surface area contributed by atoms with Gasteiger partial charge in [0, 0.05) is 32.1 Å². The second kappa shape index (κ2) is 8.03. The van der Waals surface area contributed by atoms with E-state index in [1.165, 1.54) is 30.5 Å². The van der Waals surface area contributed by atoms with Crippen LogP contribution < -0.4 is 9.64 Å². The Morgan fingerprint density at radius 3 is 2.62 bits per heavy atom. The summed E-state index contributed by atoms with van der Waals surface area (Å²) < 4.78 is 7.25. The molecule has 0 spiro atoms. The zero-order valence-corrected chi connectivity index (χ0v) is 17.1. The lowest BCUT2D eigenvalue weighted by atomic mass is 9.97. The highest BCUT2D eigenvalue weighted by atomic mass is 16.5. The molecule has 4 heterocycles. The lowest BCUT2D eigenvalue weighted by Gasteiger charge is -2.31. The first-order valence-electron chi connectivity index (χ1n) is 10.7. The van der Waals surface area contributed by atoms with E-state index in [0.29, 0.717) is 5.92 Å². The third-order valence-electron chi connectivity index (χ3n) is 6.24. The maximum Gasteiger partial charge on any atom is 0.156 e. The van der Waals surface area contributed by atoms with Crippen molar-refractivity contribution in [1.29, 1.82) is 0 Å². The molecular weight excluding hydrogens is 362 g/mol. The number of methoxy groups -OCH3 is 1. The van der Waals surface area contributed by atoms with Gasteiger partial charge >= 0.3 is 0 Å². The summed E-state index contributed by atoms with van der Waals surface area (Å²) in [6.45, 7) is 5.41. The predicted octanol–water partition coefficient (Wildman–Crippen LogP) is 3.72. The summed E-state index contributed by atoms with van der Waals surface area (Å²) in [4.78, 5) is 9.83. The maximum atomic E-state index is 5.27. The zero-order valence-electron chi connectivity index (χ0n) is 17.1. The molecule has 0 aliphatic carbocycles. The van der Waals surface area contributed by atoms with Crippen LogP contribution in [0.15, 0.2) is 42.6 Å². The maximum absolute atomic E-state index is 5.27. The number of benzene rings is 1. The smallest absolute Gasteiger partial charge is 0.156 e. The number of rotatable bonds is 5. The molecule has 29 heavy (non-hydrogen) atoms. The van der Waals surface area contributed by atoms with E-state index in [2.05, 4.69) is 40.3 Å². The van der Waals surface area contributed by atoms with Crippen LogP contribution in [-0.4, -0.2) is 52.8 Å². The Kier molecular flexibility index (Phi) is 5.10. The standard InChI is InChI=1S/C23H29N5O/c1-29-21-9-6-18(7-10-21)15-26-12-4-5-19(16-26)23-24-22-11-8-20(17-28(22)25-23)27-13-2-3-14-27/h6-11,17,19H,2-5,12-16H2,1H3. The lowest BCUT2D eigenvalue weighted by molar-refractivity contribution is 0.196. The van der Waals surface area contributed by atoms with Crippen LogP contribution in [-0.2, 0) is 6.54 Å². The molecule has 0 radical (unpaired) electrons. The van der Waals surface area contributed by atoms with Crippen molar-refractivity contribution in [3.05, 3.63) is 54.0 Å². The van der Waals surface area contributed by atoms with Crippen LogP contribution in [0.25, 0.3) is 5.65 Å². The van der Waals surface area contributed by atoms with Gasteiger partial charge in [-0.2, -0.15) is 5.10 Å². The fourth-order valence-corrected chi connectivity index (χ4v) is 4.62. The summed E-state index contributed by atoms with van der Waals surface area (Å²) in [5, 5.41) is 4.87. The number of anilines is 1. The summed E-state index contributed by atoms with van der Waals surface area (Å²) in [5.74, 6) is 2.30. The molecule has 2 saturated heterocycles. The van der Waals surface area contributed by atoms with Crippen LogP contribution in [0.4, 0.5) is 5.69 Å². The summed E-state index contributed by atoms with van der Waals surface area (Å²) in [6.07, 6.45) is 7.07. The van der Waals surface area contributed by atoms with E-state index in [9.17, 15) is 0 Å². The number of fused-ring (bicyclic) bond motifs is 1. The molecule has 2 aliphatic heterocycles. The van der Waals surface area contributed by atoms with E-state index in [4.69, 9.17) is 14.8 Å². The first-order valence-corrected chi connectivity index (χ1v) is 10.7. The highest BCUT2D eigenvalue weighted by Crippen LogP contribution is 2.27. The Balaban J connectivity index is 1.29. The van der Waals surface area contributed by atoms with E-state index in [1.807, 2.05) is 16.6 Å². The minimum Gasteiger partial charge on any atom is -0.497 e. The van der Waals surface area contributed by atoms with Crippen LogP contribution in [0.2, 0.25) is 0 Å². The average Bonchev–Trinajstić information content (AvgIpc) is 3.44. The van der Waals surface area contributed by atoms with Crippen LogP contribution in [0, 0.1) is 0 Å². The molecule has 0 saturated carbocycles. The summed E-state index contributed by atoms with van der Waals surface area (Å²) in [5.41, 5.74) is 3.54. The monoisotopic (exact) mass is 391 g/mol. The number of piperidine rings is 1. The van der Waals surface area contributed by atoms with Crippen molar-refractivity contribution in [2.75, 3.05) is 38.2 Å².